The Morgan fingerprint density at radius 3 is 2.41 bits per heavy atom. The molecule has 0 radical (unpaired) electrons. The van der Waals surface area contributed by atoms with Crippen LogP contribution in [-0.2, 0) is 0 Å². The summed E-state index contributed by atoms with van der Waals surface area (Å²) in [6.45, 7) is 2.66. The van der Waals surface area contributed by atoms with E-state index >= 15 is 8.78 Å². The summed E-state index contributed by atoms with van der Waals surface area (Å²) in [5.74, 6) is -1.28. The van der Waals surface area contributed by atoms with E-state index in [1.807, 2.05) is 0 Å². The SMILES string of the molecule is CN(C)C1CCN(c2ccc(Nc3ncc(F)c(-c4cc(F)c5c(c4)N(C4CCC4)CCO5)n3)cc2F)CC1. The lowest BCUT2D eigenvalue weighted by Gasteiger charge is -2.42. The first-order valence-electron chi connectivity index (χ1n) is 13.6. The van der Waals surface area contributed by atoms with E-state index in [0.29, 0.717) is 47.9 Å². The fourth-order valence-electron chi connectivity index (χ4n) is 5.74. The molecule has 0 unspecified atom stereocenters. The van der Waals surface area contributed by atoms with Gasteiger partial charge in [0.1, 0.15) is 18.1 Å². The fourth-order valence-corrected chi connectivity index (χ4v) is 5.74. The summed E-state index contributed by atoms with van der Waals surface area (Å²) < 4.78 is 50.7. The zero-order valence-corrected chi connectivity index (χ0v) is 22.3. The molecule has 0 spiro atoms. The second-order valence-electron chi connectivity index (χ2n) is 10.8. The van der Waals surface area contributed by atoms with Gasteiger partial charge in [0.2, 0.25) is 5.95 Å². The predicted molar refractivity (Wildman–Crippen MR) is 146 cm³/mol. The monoisotopic (exact) mass is 538 g/mol. The molecule has 3 aliphatic rings. The van der Waals surface area contributed by atoms with Crippen LogP contribution in [-0.4, -0.2) is 67.3 Å². The molecule has 0 amide bonds. The van der Waals surface area contributed by atoms with Crippen LogP contribution in [0.4, 0.5) is 36.2 Å². The molecule has 2 fully saturated rings. The molecule has 0 atom stereocenters. The molecule has 206 valence electrons. The van der Waals surface area contributed by atoms with Crippen molar-refractivity contribution in [3.05, 3.63) is 54.0 Å². The topological polar surface area (TPSA) is 56.8 Å². The third-order valence-corrected chi connectivity index (χ3v) is 8.18. The summed E-state index contributed by atoms with van der Waals surface area (Å²) in [6.07, 6.45) is 6.24. The van der Waals surface area contributed by atoms with E-state index < -0.39 is 11.6 Å². The Bertz CT molecular complexity index is 1360. The van der Waals surface area contributed by atoms with Crippen LogP contribution in [0.25, 0.3) is 11.3 Å². The summed E-state index contributed by atoms with van der Waals surface area (Å²) in [6, 6.07) is 8.72. The number of fused-ring (bicyclic) bond motifs is 1. The minimum absolute atomic E-state index is 0.0332. The fraction of sp³-hybridized carbons (Fsp3) is 0.448. The Labute approximate surface area is 226 Å². The van der Waals surface area contributed by atoms with Crippen molar-refractivity contribution >= 4 is 23.0 Å². The molecular formula is C29H33F3N6O. The van der Waals surface area contributed by atoms with Crippen LogP contribution in [0.2, 0.25) is 0 Å². The Balaban J connectivity index is 1.23. The lowest BCUT2D eigenvalue weighted by Crippen LogP contribution is -2.44. The van der Waals surface area contributed by atoms with Gasteiger partial charge in [-0.05, 0) is 76.5 Å². The van der Waals surface area contributed by atoms with E-state index in [2.05, 4.69) is 44.1 Å². The van der Waals surface area contributed by atoms with E-state index in [4.69, 9.17) is 4.74 Å². The molecule has 0 bridgehead atoms. The van der Waals surface area contributed by atoms with Crippen molar-refractivity contribution in [2.75, 3.05) is 55.5 Å². The van der Waals surface area contributed by atoms with Gasteiger partial charge >= 0.3 is 0 Å². The standard InChI is InChI=1S/C29H33F3N6O/c1-36(2)20-8-10-37(11-9-20)25-7-6-19(16-22(25)30)34-29-33-17-24(32)27(35-29)18-14-23(31)28-26(15-18)38(12-13-39-28)21-4-3-5-21/h6-7,14-17,20-21H,3-5,8-13H2,1-2H3,(H,33,34,35). The van der Waals surface area contributed by atoms with Crippen molar-refractivity contribution in [1.29, 1.82) is 0 Å². The van der Waals surface area contributed by atoms with E-state index in [1.54, 1.807) is 18.2 Å². The van der Waals surface area contributed by atoms with Gasteiger partial charge in [-0.25, -0.2) is 23.1 Å². The van der Waals surface area contributed by atoms with Crippen molar-refractivity contribution in [3.63, 3.8) is 0 Å². The average Bonchev–Trinajstić information content (AvgIpc) is 2.89. The summed E-state index contributed by atoms with van der Waals surface area (Å²) in [7, 11) is 4.15. The van der Waals surface area contributed by atoms with Crippen molar-refractivity contribution in [2.24, 2.45) is 0 Å². The number of halogens is 3. The van der Waals surface area contributed by atoms with Crippen molar-refractivity contribution in [1.82, 2.24) is 14.9 Å². The number of aromatic nitrogens is 2. The Morgan fingerprint density at radius 1 is 0.923 bits per heavy atom. The highest BCUT2D eigenvalue weighted by Crippen LogP contribution is 2.42. The van der Waals surface area contributed by atoms with Crippen molar-refractivity contribution < 1.29 is 17.9 Å². The van der Waals surface area contributed by atoms with Gasteiger partial charge in [0.05, 0.1) is 24.1 Å². The Hall–Kier alpha value is -3.53. The molecule has 7 nitrogen and oxygen atoms in total. The number of piperidine rings is 1. The first-order chi connectivity index (χ1) is 18.9. The highest BCUT2D eigenvalue weighted by Gasteiger charge is 2.32. The van der Waals surface area contributed by atoms with Crippen LogP contribution >= 0.6 is 0 Å². The smallest absolute Gasteiger partial charge is 0.227 e. The highest BCUT2D eigenvalue weighted by molar-refractivity contribution is 5.73. The number of nitrogens with zero attached hydrogens (tertiary/aromatic N) is 5. The number of nitrogens with one attached hydrogen (secondary N) is 1. The molecular weight excluding hydrogens is 505 g/mol. The number of hydrogen-bond acceptors (Lipinski definition) is 7. The lowest BCUT2D eigenvalue weighted by molar-refractivity contribution is 0.249. The summed E-state index contributed by atoms with van der Waals surface area (Å²) in [4.78, 5) is 14.8. The zero-order chi connectivity index (χ0) is 27.1. The molecule has 6 rings (SSSR count). The van der Waals surface area contributed by atoms with Gasteiger partial charge in [-0.2, -0.15) is 0 Å². The number of ether oxygens (including phenoxy) is 1. The largest absolute Gasteiger partial charge is 0.486 e. The molecule has 2 aromatic carbocycles. The number of hydrogen-bond donors (Lipinski definition) is 1. The summed E-state index contributed by atoms with van der Waals surface area (Å²) >= 11 is 0. The number of anilines is 4. The second-order valence-corrected chi connectivity index (χ2v) is 10.8. The minimum Gasteiger partial charge on any atom is -0.486 e. The maximum absolute atomic E-state index is 15.1. The zero-order valence-electron chi connectivity index (χ0n) is 22.3. The maximum Gasteiger partial charge on any atom is 0.227 e. The predicted octanol–water partition coefficient (Wildman–Crippen LogP) is 5.59. The van der Waals surface area contributed by atoms with E-state index in [0.717, 1.165) is 51.4 Å². The molecule has 1 saturated carbocycles. The minimum atomic E-state index is -0.672. The molecule has 1 saturated heterocycles. The molecule has 39 heavy (non-hydrogen) atoms. The van der Waals surface area contributed by atoms with Gasteiger partial charge in [-0.3, -0.25) is 0 Å². The van der Waals surface area contributed by atoms with Crippen LogP contribution in [0, 0.1) is 17.5 Å². The Kier molecular flexibility index (Phi) is 6.97. The van der Waals surface area contributed by atoms with Crippen LogP contribution in [0.3, 0.4) is 0 Å². The van der Waals surface area contributed by atoms with E-state index in [-0.39, 0.29) is 23.2 Å². The second kappa shape index (κ2) is 10.6. The quantitative estimate of drug-likeness (QED) is 0.439. The first-order valence-corrected chi connectivity index (χ1v) is 13.6. The molecule has 1 aliphatic carbocycles. The summed E-state index contributed by atoms with van der Waals surface area (Å²) in [5, 5.41) is 2.97. The average molecular weight is 539 g/mol. The molecule has 2 aliphatic heterocycles. The van der Waals surface area contributed by atoms with Crippen LogP contribution in [0.15, 0.2) is 36.5 Å². The molecule has 1 aromatic heterocycles. The molecule has 3 heterocycles. The van der Waals surface area contributed by atoms with Gasteiger partial charge < -0.3 is 24.8 Å². The third-order valence-electron chi connectivity index (χ3n) is 8.18. The van der Waals surface area contributed by atoms with Gasteiger partial charge in [0.15, 0.2) is 17.4 Å². The van der Waals surface area contributed by atoms with Crippen molar-refractivity contribution in [2.45, 2.75) is 44.2 Å². The molecule has 10 heteroatoms. The third kappa shape index (κ3) is 5.09. The van der Waals surface area contributed by atoms with Gasteiger partial charge in [0, 0.05) is 36.4 Å². The van der Waals surface area contributed by atoms with Crippen LogP contribution < -0.4 is 19.9 Å². The van der Waals surface area contributed by atoms with E-state index in [1.165, 1.54) is 12.1 Å². The van der Waals surface area contributed by atoms with Gasteiger partial charge in [-0.15, -0.1) is 0 Å². The van der Waals surface area contributed by atoms with Crippen LogP contribution in [0.5, 0.6) is 5.75 Å². The highest BCUT2D eigenvalue weighted by atomic mass is 19.1. The number of benzene rings is 2. The Morgan fingerprint density at radius 2 is 1.72 bits per heavy atom. The van der Waals surface area contributed by atoms with Crippen LogP contribution in [0.1, 0.15) is 32.1 Å². The molecule has 1 N–H and O–H groups in total. The van der Waals surface area contributed by atoms with Gasteiger partial charge in [0.25, 0.3) is 0 Å². The summed E-state index contributed by atoms with van der Waals surface area (Å²) in [5.41, 5.74) is 1.89. The number of rotatable bonds is 6. The normalized spacial score (nSPS) is 18.1. The van der Waals surface area contributed by atoms with Gasteiger partial charge in [-0.1, -0.05) is 0 Å². The molecule has 3 aromatic rings. The van der Waals surface area contributed by atoms with E-state index in [9.17, 15) is 4.39 Å². The van der Waals surface area contributed by atoms with Crippen molar-refractivity contribution in [3.8, 4) is 17.0 Å². The first kappa shape index (κ1) is 25.7. The lowest BCUT2D eigenvalue weighted by atomic mass is 9.90. The maximum atomic E-state index is 15.1.